The van der Waals surface area contributed by atoms with Crippen LogP contribution in [0, 0.1) is 0 Å². The molecule has 9 heteroatoms. The fourth-order valence-corrected chi connectivity index (χ4v) is 2.28. The molecule has 9 nitrogen and oxygen atoms in total. The number of carbonyl (C=O) groups is 1. The van der Waals surface area contributed by atoms with Crippen LogP contribution in [-0.2, 0) is 12.8 Å². The number of benzene rings is 1. The smallest absolute Gasteiger partial charge is 0.340 e. The Balaban J connectivity index is 1.77. The van der Waals surface area contributed by atoms with Crippen molar-refractivity contribution in [2.75, 3.05) is 34.4 Å². The van der Waals surface area contributed by atoms with E-state index in [9.17, 15) is 9.59 Å². The van der Waals surface area contributed by atoms with Crippen molar-refractivity contribution in [3.8, 4) is 11.5 Å². The third-order valence-electron chi connectivity index (χ3n) is 3.72. The maximum atomic E-state index is 12.1. The lowest BCUT2D eigenvalue weighted by atomic mass is 10.1. The van der Waals surface area contributed by atoms with E-state index in [1.165, 1.54) is 0 Å². The molecule has 2 aromatic rings. The van der Waals surface area contributed by atoms with Crippen molar-refractivity contribution in [1.82, 2.24) is 25.4 Å². The van der Waals surface area contributed by atoms with E-state index in [1.807, 2.05) is 18.2 Å². The molecule has 0 spiro atoms. The molecule has 136 valence electrons. The largest absolute Gasteiger partial charge is 0.493 e. The quantitative estimate of drug-likeness (QED) is 0.644. The van der Waals surface area contributed by atoms with Crippen LogP contribution < -0.4 is 20.5 Å². The van der Waals surface area contributed by atoms with Gasteiger partial charge in [0.2, 0.25) is 0 Å². The van der Waals surface area contributed by atoms with Crippen molar-refractivity contribution >= 4 is 6.03 Å². The number of aromatic nitrogens is 3. The number of likely N-dealkylation sites (N-methyl/N-ethyl adjacent to an activating group) is 1. The molecule has 1 aromatic carbocycles. The van der Waals surface area contributed by atoms with Gasteiger partial charge in [0.25, 0.3) is 0 Å². The lowest BCUT2D eigenvalue weighted by molar-refractivity contribution is 0.209. The molecule has 0 atom stereocenters. The van der Waals surface area contributed by atoms with Gasteiger partial charge in [-0.3, -0.25) is 4.98 Å². The van der Waals surface area contributed by atoms with Crippen LogP contribution >= 0.6 is 0 Å². The third kappa shape index (κ3) is 5.27. The number of hydrogen-bond acceptors (Lipinski definition) is 5. The van der Waals surface area contributed by atoms with Crippen molar-refractivity contribution in [2.45, 2.75) is 12.8 Å². The van der Waals surface area contributed by atoms with E-state index in [4.69, 9.17) is 9.47 Å². The molecule has 0 fully saturated rings. The molecule has 0 aliphatic rings. The zero-order valence-electron chi connectivity index (χ0n) is 14.6. The number of nitrogens with one attached hydrogen (secondary N) is 3. The van der Waals surface area contributed by atoms with Gasteiger partial charge in [-0.15, -0.1) is 0 Å². The van der Waals surface area contributed by atoms with Crippen molar-refractivity contribution in [3.63, 3.8) is 0 Å². The first kappa shape index (κ1) is 18.4. The number of urea groups is 1. The number of nitrogens with zero attached hydrogens (tertiary/aromatic N) is 2. The summed E-state index contributed by atoms with van der Waals surface area (Å²) in [4.78, 5) is 27.1. The molecule has 2 amide bonds. The van der Waals surface area contributed by atoms with E-state index in [2.05, 4.69) is 20.5 Å². The average molecular weight is 349 g/mol. The van der Waals surface area contributed by atoms with Gasteiger partial charge in [-0.2, -0.15) is 5.10 Å². The number of hydrogen-bond donors (Lipinski definition) is 3. The average Bonchev–Trinajstić information content (AvgIpc) is 3.04. The Hall–Kier alpha value is -2.97. The zero-order valence-corrected chi connectivity index (χ0v) is 14.6. The number of methoxy groups -OCH3 is 2. The molecule has 0 saturated carbocycles. The summed E-state index contributed by atoms with van der Waals surface area (Å²) in [5.41, 5.74) is 0.694. The Kier molecular flexibility index (Phi) is 6.44. The highest BCUT2D eigenvalue weighted by molar-refractivity contribution is 5.73. The lowest BCUT2D eigenvalue weighted by Crippen LogP contribution is -2.39. The Bertz CT molecular complexity index is 755. The van der Waals surface area contributed by atoms with Crippen LogP contribution in [0.1, 0.15) is 11.4 Å². The first-order chi connectivity index (χ1) is 12.0. The van der Waals surface area contributed by atoms with Crippen LogP contribution in [-0.4, -0.2) is 60.5 Å². The first-order valence-corrected chi connectivity index (χ1v) is 7.87. The summed E-state index contributed by atoms with van der Waals surface area (Å²) >= 11 is 0. The Morgan fingerprint density at radius 3 is 2.64 bits per heavy atom. The molecule has 3 N–H and O–H groups in total. The van der Waals surface area contributed by atoms with Gasteiger partial charge < -0.3 is 19.7 Å². The highest BCUT2D eigenvalue weighted by atomic mass is 16.5. The van der Waals surface area contributed by atoms with Crippen molar-refractivity contribution in [1.29, 1.82) is 0 Å². The highest BCUT2D eigenvalue weighted by Crippen LogP contribution is 2.27. The van der Waals surface area contributed by atoms with Crippen LogP contribution in [0.5, 0.6) is 11.5 Å². The van der Waals surface area contributed by atoms with Crippen LogP contribution in [0.15, 0.2) is 23.0 Å². The molecule has 0 radical (unpaired) electrons. The minimum Gasteiger partial charge on any atom is -0.493 e. The molecule has 0 bridgehead atoms. The van der Waals surface area contributed by atoms with Gasteiger partial charge in [0.1, 0.15) is 5.82 Å². The maximum absolute atomic E-state index is 12.1. The summed E-state index contributed by atoms with van der Waals surface area (Å²) in [5.74, 6) is 1.85. The van der Waals surface area contributed by atoms with Crippen molar-refractivity contribution in [2.24, 2.45) is 0 Å². The Morgan fingerprint density at radius 1 is 1.24 bits per heavy atom. The van der Waals surface area contributed by atoms with E-state index in [0.717, 1.165) is 5.56 Å². The lowest BCUT2D eigenvalue weighted by Gasteiger charge is -2.18. The normalized spacial score (nSPS) is 10.4. The summed E-state index contributed by atoms with van der Waals surface area (Å²) in [7, 11) is 4.91. The molecular weight excluding hydrogens is 326 g/mol. The number of carbonyl (C=O) groups excluding carboxylic acids is 1. The first-order valence-electron chi connectivity index (χ1n) is 7.87. The van der Waals surface area contributed by atoms with Gasteiger partial charge >= 0.3 is 11.7 Å². The second kappa shape index (κ2) is 8.76. The highest BCUT2D eigenvalue weighted by Gasteiger charge is 2.10. The number of rotatable bonds is 8. The van der Waals surface area contributed by atoms with Crippen molar-refractivity contribution < 1.29 is 14.3 Å². The molecule has 25 heavy (non-hydrogen) atoms. The molecule has 1 aromatic heterocycles. The van der Waals surface area contributed by atoms with E-state index < -0.39 is 0 Å². The SMILES string of the molecule is COc1ccc(CCN(C)C(=O)NCCc2n[nH]c(=O)[nH]2)cc1OC. The standard InChI is InChI=1S/C16H23N5O4/c1-21(16(23)17-8-6-14-18-15(22)20-19-14)9-7-11-4-5-12(24-2)13(10-11)25-3/h4-5,10H,6-9H2,1-3H3,(H,17,23)(H2,18,19,20,22). The number of amides is 2. The number of ether oxygens (including phenoxy) is 2. The molecule has 0 saturated heterocycles. The predicted molar refractivity (Wildman–Crippen MR) is 92.2 cm³/mol. The second-order valence-electron chi connectivity index (χ2n) is 5.47. The molecule has 0 unspecified atom stereocenters. The van der Waals surface area contributed by atoms with Crippen molar-refractivity contribution in [3.05, 3.63) is 40.1 Å². The summed E-state index contributed by atoms with van der Waals surface area (Å²) in [5, 5.41) is 8.85. The van der Waals surface area contributed by atoms with Crippen LogP contribution in [0.3, 0.4) is 0 Å². The number of aromatic amines is 2. The molecule has 1 heterocycles. The minimum absolute atomic E-state index is 0.182. The Labute approximate surface area is 145 Å². The summed E-state index contributed by atoms with van der Waals surface area (Å²) in [6.45, 7) is 0.945. The van der Waals surface area contributed by atoms with E-state index in [-0.39, 0.29) is 11.7 Å². The minimum atomic E-state index is -0.353. The fourth-order valence-electron chi connectivity index (χ4n) is 2.28. The summed E-state index contributed by atoms with van der Waals surface area (Å²) in [6, 6.07) is 5.51. The van der Waals surface area contributed by atoms with Gasteiger partial charge in [-0.05, 0) is 24.1 Å². The summed E-state index contributed by atoms with van der Waals surface area (Å²) in [6.07, 6.45) is 1.14. The van der Waals surface area contributed by atoms with Gasteiger partial charge in [-0.25, -0.2) is 14.7 Å². The molecule has 0 aliphatic carbocycles. The third-order valence-corrected chi connectivity index (χ3v) is 3.72. The summed E-state index contributed by atoms with van der Waals surface area (Å²) < 4.78 is 10.5. The zero-order chi connectivity index (χ0) is 18.2. The van der Waals surface area contributed by atoms with E-state index in [0.29, 0.717) is 43.3 Å². The van der Waals surface area contributed by atoms with Gasteiger partial charge in [0.15, 0.2) is 11.5 Å². The molecule has 2 rings (SSSR count). The molecule has 0 aliphatic heterocycles. The van der Waals surface area contributed by atoms with Gasteiger partial charge in [0, 0.05) is 26.6 Å². The Morgan fingerprint density at radius 2 is 2.00 bits per heavy atom. The topological polar surface area (TPSA) is 112 Å². The van der Waals surface area contributed by atoms with Crippen LogP contribution in [0.2, 0.25) is 0 Å². The predicted octanol–water partition coefficient (Wildman–Crippen LogP) is 0.542. The van der Waals surface area contributed by atoms with Crippen LogP contribution in [0.25, 0.3) is 0 Å². The van der Waals surface area contributed by atoms with Gasteiger partial charge in [-0.1, -0.05) is 6.07 Å². The molecular formula is C16H23N5O4. The fraction of sp³-hybridized carbons (Fsp3) is 0.438. The van der Waals surface area contributed by atoms with E-state index >= 15 is 0 Å². The monoisotopic (exact) mass is 349 g/mol. The number of H-pyrrole nitrogens is 2. The van der Waals surface area contributed by atoms with Gasteiger partial charge in [0.05, 0.1) is 14.2 Å². The maximum Gasteiger partial charge on any atom is 0.340 e. The van der Waals surface area contributed by atoms with E-state index in [1.54, 1.807) is 26.2 Å². The van der Waals surface area contributed by atoms with Crippen LogP contribution in [0.4, 0.5) is 4.79 Å². The second-order valence-corrected chi connectivity index (χ2v) is 5.47.